The van der Waals surface area contributed by atoms with E-state index < -0.39 is 11.8 Å². The van der Waals surface area contributed by atoms with E-state index in [1.165, 1.54) is 19.2 Å². The van der Waals surface area contributed by atoms with Crippen LogP contribution in [0, 0.1) is 5.82 Å². The maximum atomic E-state index is 13.3. The van der Waals surface area contributed by atoms with Crippen LogP contribution in [0.1, 0.15) is 17.3 Å². The van der Waals surface area contributed by atoms with E-state index in [1.54, 1.807) is 0 Å². The van der Waals surface area contributed by atoms with E-state index in [9.17, 15) is 9.18 Å². The molecule has 4 heteroatoms. The summed E-state index contributed by atoms with van der Waals surface area (Å²) in [5, 5.41) is 2.83. The van der Waals surface area contributed by atoms with Crippen LogP contribution in [0.5, 0.6) is 0 Å². The summed E-state index contributed by atoms with van der Waals surface area (Å²) in [5.41, 5.74) is 0.604. The van der Waals surface area contributed by atoms with Crippen molar-refractivity contribution in [2.75, 3.05) is 19.0 Å². The molecule has 1 rings (SSSR count). The summed E-state index contributed by atoms with van der Waals surface area (Å²) < 4.78 is 17.7. The number of esters is 1. The molecule has 0 atom stereocenters. The minimum Gasteiger partial charge on any atom is -0.465 e. The summed E-state index contributed by atoms with van der Waals surface area (Å²) in [6.45, 7) is 2.50. The molecule has 0 aliphatic heterocycles. The zero-order valence-corrected chi connectivity index (χ0v) is 8.13. The lowest BCUT2D eigenvalue weighted by molar-refractivity contribution is 0.0600. The Morgan fingerprint density at radius 2 is 2.29 bits per heavy atom. The fourth-order valence-electron chi connectivity index (χ4n) is 1.09. The maximum absolute atomic E-state index is 13.3. The smallest absolute Gasteiger partial charge is 0.337 e. The first kappa shape index (κ1) is 10.5. The predicted molar refractivity (Wildman–Crippen MR) is 51.9 cm³/mol. The molecule has 0 radical (unpaired) electrons. The number of ether oxygens (including phenoxy) is 1. The Labute approximate surface area is 81.9 Å². The number of anilines is 1. The van der Waals surface area contributed by atoms with Crippen molar-refractivity contribution in [2.45, 2.75) is 6.92 Å². The molecule has 1 aromatic rings. The lowest BCUT2D eigenvalue weighted by atomic mass is 10.2. The van der Waals surface area contributed by atoms with Gasteiger partial charge in [0.2, 0.25) is 0 Å². The number of benzene rings is 1. The van der Waals surface area contributed by atoms with Gasteiger partial charge in [-0.25, -0.2) is 9.18 Å². The minimum atomic E-state index is -0.535. The van der Waals surface area contributed by atoms with Gasteiger partial charge in [-0.15, -0.1) is 0 Å². The molecule has 0 saturated heterocycles. The van der Waals surface area contributed by atoms with Gasteiger partial charge in [0.05, 0.1) is 18.4 Å². The summed E-state index contributed by atoms with van der Waals surface area (Å²) in [5.74, 6) is -0.985. The Balaban J connectivity index is 2.94. The number of halogens is 1. The molecular formula is C10H12FNO2. The Bertz CT molecular complexity index is 339. The highest BCUT2D eigenvalue weighted by Gasteiger charge is 2.08. The van der Waals surface area contributed by atoms with Crippen molar-refractivity contribution in [3.05, 3.63) is 29.6 Å². The molecule has 0 unspecified atom stereocenters. The normalized spacial score (nSPS) is 9.64. The van der Waals surface area contributed by atoms with Gasteiger partial charge >= 0.3 is 5.97 Å². The van der Waals surface area contributed by atoms with Gasteiger partial charge in [0.15, 0.2) is 0 Å². The quantitative estimate of drug-likeness (QED) is 0.753. The van der Waals surface area contributed by atoms with E-state index in [4.69, 9.17) is 0 Å². The van der Waals surface area contributed by atoms with Crippen molar-refractivity contribution >= 4 is 11.7 Å². The van der Waals surface area contributed by atoms with E-state index in [1.807, 2.05) is 6.92 Å². The molecule has 0 aromatic heterocycles. The summed E-state index contributed by atoms with van der Waals surface area (Å²) in [6, 6.07) is 4.20. The molecule has 0 saturated carbocycles. The van der Waals surface area contributed by atoms with E-state index in [-0.39, 0.29) is 5.56 Å². The maximum Gasteiger partial charge on any atom is 0.337 e. The molecule has 0 aliphatic rings. The highest BCUT2D eigenvalue weighted by Crippen LogP contribution is 2.15. The van der Waals surface area contributed by atoms with Gasteiger partial charge in [-0.3, -0.25) is 0 Å². The van der Waals surface area contributed by atoms with Crippen molar-refractivity contribution in [1.29, 1.82) is 0 Å². The largest absolute Gasteiger partial charge is 0.465 e. The lowest BCUT2D eigenvalue weighted by Crippen LogP contribution is -2.04. The number of hydrogen-bond donors (Lipinski definition) is 1. The van der Waals surface area contributed by atoms with Crippen LogP contribution < -0.4 is 5.32 Å². The lowest BCUT2D eigenvalue weighted by Gasteiger charge is -2.05. The highest BCUT2D eigenvalue weighted by atomic mass is 19.1. The SMILES string of the molecule is CCNc1ccc(C(=O)OC)cc1F. The highest BCUT2D eigenvalue weighted by molar-refractivity contribution is 5.89. The van der Waals surface area contributed by atoms with Crippen molar-refractivity contribution in [2.24, 2.45) is 0 Å². The van der Waals surface area contributed by atoms with Gasteiger partial charge in [0.25, 0.3) is 0 Å². The van der Waals surface area contributed by atoms with Crippen molar-refractivity contribution in [3.63, 3.8) is 0 Å². The van der Waals surface area contributed by atoms with Gasteiger partial charge in [-0.2, -0.15) is 0 Å². The van der Waals surface area contributed by atoms with Crippen LogP contribution in [0.4, 0.5) is 10.1 Å². The first-order chi connectivity index (χ1) is 6.69. The van der Waals surface area contributed by atoms with Crippen LogP contribution in [0.3, 0.4) is 0 Å². The molecule has 0 heterocycles. The Morgan fingerprint density at radius 3 is 2.79 bits per heavy atom. The third-order valence-corrected chi connectivity index (χ3v) is 1.76. The summed E-state index contributed by atoms with van der Waals surface area (Å²) in [4.78, 5) is 11.0. The third-order valence-electron chi connectivity index (χ3n) is 1.76. The predicted octanol–water partition coefficient (Wildman–Crippen LogP) is 2.04. The summed E-state index contributed by atoms with van der Waals surface area (Å²) in [7, 11) is 1.26. The standard InChI is InChI=1S/C10H12FNO2/c1-3-12-9-5-4-7(6-8(9)11)10(13)14-2/h4-6,12H,3H2,1-2H3. The van der Waals surface area contributed by atoms with Gasteiger partial charge in [-0.1, -0.05) is 0 Å². The monoisotopic (exact) mass is 197 g/mol. The van der Waals surface area contributed by atoms with Gasteiger partial charge < -0.3 is 10.1 Å². The third kappa shape index (κ3) is 2.22. The summed E-state index contributed by atoms with van der Waals surface area (Å²) in [6.07, 6.45) is 0. The van der Waals surface area contributed by atoms with Crippen LogP contribution in [-0.4, -0.2) is 19.6 Å². The number of rotatable bonds is 3. The first-order valence-electron chi connectivity index (χ1n) is 4.30. The number of hydrogen-bond acceptors (Lipinski definition) is 3. The Hall–Kier alpha value is -1.58. The van der Waals surface area contributed by atoms with Crippen LogP contribution in [-0.2, 0) is 4.74 Å². The van der Waals surface area contributed by atoms with Crippen LogP contribution >= 0.6 is 0 Å². The molecule has 0 aliphatic carbocycles. The van der Waals surface area contributed by atoms with Crippen LogP contribution in [0.15, 0.2) is 18.2 Å². The molecule has 1 N–H and O–H groups in total. The van der Waals surface area contributed by atoms with Crippen molar-refractivity contribution in [3.8, 4) is 0 Å². The second-order valence-electron chi connectivity index (χ2n) is 2.72. The number of nitrogens with one attached hydrogen (secondary N) is 1. The van der Waals surface area contributed by atoms with Crippen LogP contribution in [0.2, 0.25) is 0 Å². The number of carbonyl (C=O) groups excluding carboxylic acids is 1. The molecule has 0 bridgehead atoms. The molecule has 76 valence electrons. The average Bonchev–Trinajstić information content (AvgIpc) is 2.20. The molecule has 14 heavy (non-hydrogen) atoms. The van der Waals surface area contributed by atoms with Crippen LogP contribution in [0.25, 0.3) is 0 Å². The molecule has 0 amide bonds. The number of carbonyl (C=O) groups is 1. The molecule has 3 nitrogen and oxygen atoms in total. The fourth-order valence-corrected chi connectivity index (χ4v) is 1.09. The fraction of sp³-hybridized carbons (Fsp3) is 0.300. The van der Waals surface area contributed by atoms with E-state index >= 15 is 0 Å². The molecule has 0 fully saturated rings. The Morgan fingerprint density at radius 1 is 1.57 bits per heavy atom. The van der Waals surface area contributed by atoms with Crippen molar-refractivity contribution < 1.29 is 13.9 Å². The van der Waals surface area contributed by atoms with E-state index in [0.29, 0.717) is 12.2 Å². The molecular weight excluding hydrogens is 185 g/mol. The minimum absolute atomic E-state index is 0.214. The zero-order valence-electron chi connectivity index (χ0n) is 8.13. The van der Waals surface area contributed by atoms with Gasteiger partial charge in [0, 0.05) is 6.54 Å². The summed E-state index contributed by atoms with van der Waals surface area (Å²) >= 11 is 0. The molecule has 0 spiro atoms. The Kier molecular flexibility index (Phi) is 3.45. The van der Waals surface area contributed by atoms with E-state index in [0.717, 1.165) is 6.07 Å². The first-order valence-corrected chi connectivity index (χ1v) is 4.30. The van der Waals surface area contributed by atoms with Crippen molar-refractivity contribution in [1.82, 2.24) is 0 Å². The van der Waals surface area contributed by atoms with E-state index in [2.05, 4.69) is 10.1 Å². The number of methoxy groups -OCH3 is 1. The molecule has 1 aromatic carbocycles. The second kappa shape index (κ2) is 4.60. The zero-order chi connectivity index (χ0) is 10.6. The van der Waals surface area contributed by atoms with Gasteiger partial charge in [0.1, 0.15) is 5.82 Å². The average molecular weight is 197 g/mol. The van der Waals surface area contributed by atoms with Gasteiger partial charge in [-0.05, 0) is 25.1 Å². The topological polar surface area (TPSA) is 38.3 Å². The second-order valence-corrected chi connectivity index (χ2v) is 2.72.